The van der Waals surface area contributed by atoms with Crippen LogP contribution in [0, 0.1) is 0 Å². The Bertz CT molecular complexity index is 935. The number of carbonyl (C=O) groups excluding carboxylic acids is 1. The summed E-state index contributed by atoms with van der Waals surface area (Å²) in [6.07, 6.45) is 3.05. The third-order valence-corrected chi connectivity index (χ3v) is 4.16. The van der Waals surface area contributed by atoms with Gasteiger partial charge in [-0.3, -0.25) is 10.2 Å². The van der Waals surface area contributed by atoms with Crippen molar-refractivity contribution in [2.75, 3.05) is 5.43 Å². The minimum Gasteiger partial charge on any atom is -0.744 e. The fourth-order valence-electron chi connectivity index (χ4n) is 2.17. The fourth-order valence-corrected chi connectivity index (χ4v) is 2.64. The van der Waals surface area contributed by atoms with Crippen molar-refractivity contribution >= 4 is 27.3 Å². The van der Waals surface area contributed by atoms with E-state index in [-0.39, 0.29) is 40.2 Å². The number of carbonyl (C=O) groups is 1. The Hall–Kier alpha value is -1.77. The molecule has 0 bridgehead atoms. The Morgan fingerprint density at radius 1 is 0.917 bits per heavy atom. The number of ketones is 1. The summed E-state index contributed by atoms with van der Waals surface area (Å²) in [7, 11) is -4.46. The van der Waals surface area contributed by atoms with Gasteiger partial charge < -0.3 is 4.55 Å². The summed E-state index contributed by atoms with van der Waals surface area (Å²) >= 11 is 0. The van der Waals surface area contributed by atoms with Crippen molar-refractivity contribution in [2.45, 2.75) is 4.90 Å². The molecule has 1 aliphatic carbocycles. The van der Waals surface area contributed by atoms with Crippen LogP contribution in [-0.2, 0) is 10.1 Å². The summed E-state index contributed by atoms with van der Waals surface area (Å²) in [4.78, 5) is 11.5. The first-order valence-corrected chi connectivity index (χ1v) is 8.07. The Balaban J connectivity index is 0.00000208. The predicted octanol–water partition coefficient (Wildman–Crippen LogP) is -0.837. The van der Waals surface area contributed by atoms with Gasteiger partial charge in [0.1, 0.15) is 10.1 Å². The number of nitrogens with zero attached hydrogens (tertiary/aromatic N) is 1. The molecule has 0 saturated heterocycles. The zero-order valence-corrected chi connectivity index (χ0v) is 15.6. The van der Waals surface area contributed by atoms with Gasteiger partial charge in [0.2, 0.25) is 0 Å². The molecule has 0 saturated carbocycles. The molecule has 0 atom stereocenters. The normalized spacial score (nSPS) is 14.9. The first-order valence-electron chi connectivity index (χ1n) is 6.66. The molecule has 3 rings (SSSR count). The second-order valence-electron chi connectivity index (χ2n) is 4.83. The maximum Gasteiger partial charge on any atom is 1.00 e. The van der Waals surface area contributed by atoms with Gasteiger partial charge >= 0.3 is 29.6 Å². The van der Waals surface area contributed by atoms with Gasteiger partial charge in [-0.15, -0.1) is 0 Å². The second-order valence-corrected chi connectivity index (χ2v) is 6.21. The Morgan fingerprint density at radius 2 is 1.54 bits per heavy atom. The van der Waals surface area contributed by atoms with E-state index in [2.05, 4.69) is 10.5 Å². The zero-order chi connectivity index (χ0) is 16.4. The summed E-state index contributed by atoms with van der Waals surface area (Å²) in [6, 6.07) is 12.4. The van der Waals surface area contributed by atoms with Crippen molar-refractivity contribution in [1.29, 1.82) is 0 Å². The number of hydrogen-bond acceptors (Lipinski definition) is 6. The number of nitrogens with one attached hydrogen (secondary N) is 1. The van der Waals surface area contributed by atoms with Crippen LogP contribution in [0.5, 0.6) is 0 Å². The molecule has 6 nitrogen and oxygen atoms in total. The van der Waals surface area contributed by atoms with Crippen LogP contribution in [0.4, 0.5) is 5.69 Å². The molecule has 2 aromatic carbocycles. The van der Waals surface area contributed by atoms with Gasteiger partial charge in [0.25, 0.3) is 0 Å². The number of hydrogen-bond donors (Lipinski definition) is 1. The number of benzene rings is 2. The molecule has 8 heteroatoms. The van der Waals surface area contributed by atoms with Crippen LogP contribution in [0.3, 0.4) is 0 Å². The summed E-state index contributed by atoms with van der Waals surface area (Å²) in [5.74, 6) is -0.0791. The van der Waals surface area contributed by atoms with Crippen LogP contribution < -0.4 is 35.0 Å². The van der Waals surface area contributed by atoms with Crippen molar-refractivity contribution in [2.24, 2.45) is 5.10 Å². The average Bonchev–Trinajstić information content (AvgIpc) is 2.54. The third-order valence-electron chi connectivity index (χ3n) is 3.31. The molecular formula is C16H11N2NaO4S. The summed E-state index contributed by atoms with van der Waals surface area (Å²) in [6.45, 7) is 0. The SMILES string of the molecule is O=C1C=C/C(=N\Nc2ccc(S(=O)(=O)[O-])cc2)c2ccccc21.[Na+]. The van der Waals surface area contributed by atoms with E-state index in [0.717, 1.165) is 0 Å². The molecule has 24 heavy (non-hydrogen) atoms. The van der Waals surface area contributed by atoms with E-state index >= 15 is 0 Å². The van der Waals surface area contributed by atoms with Gasteiger partial charge in [-0.25, -0.2) is 8.42 Å². The molecule has 0 radical (unpaired) electrons. The van der Waals surface area contributed by atoms with Gasteiger partial charge in [0.15, 0.2) is 5.78 Å². The van der Waals surface area contributed by atoms with Crippen LogP contribution in [0.15, 0.2) is 70.7 Å². The van der Waals surface area contributed by atoms with Crippen LogP contribution in [0.25, 0.3) is 0 Å². The minimum atomic E-state index is -4.46. The van der Waals surface area contributed by atoms with E-state index in [1.807, 2.05) is 6.07 Å². The molecule has 0 spiro atoms. The monoisotopic (exact) mass is 350 g/mol. The zero-order valence-electron chi connectivity index (χ0n) is 12.8. The molecular weight excluding hydrogens is 339 g/mol. The van der Waals surface area contributed by atoms with Gasteiger partial charge in [-0.2, -0.15) is 5.10 Å². The summed E-state index contributed by atoms with van der Waals surface area (Å²) in [5, 5.41) is 4.22. The van der Waals surface area contributed by atoms with Crippen LogP contribution in [-0.4, -0.2) is 24.5 Å². The Morgan fingerprint density at radius 3 is 2.17 bits per heavy atom. The summed E-state index contributed by atoms with van der Waals surface area (Å²) in [5.41, 5.74) is 5.17. The van der Waals surface area contributed by atoms with Crippen LogP contribution >= 0.6 is 0 Å². The minimum absolute atomic E-state index is 0. The Labute approximate surface area is 161 Å². The molecule has 0 heterocycles. The second kappa shape index (κ2) is 7.42. The third kappa shape index (κ3) is 4.00. The molecule has 0 amide bonds. The number of allylic oxidation sites excluding steroid dienone is 2. The topological polar surface area (TPSA) is 98.7 Å². The quantitative estimate of drug-likeness (QED) is 0.442. The number of hydrazone groups is 1. The first kappa shape index (κ1) is 18.6. The number of fused-ring (bicyclic) bond motifs is 1. The van der Waals surface area contributed by atoms with Crippen molar-refractivity contribution in [3.8, 4) is 0 Å². The van der Waals surface area contributed by atoms with E-state index in [1.54, 1.807) is 24.3 Å². The van der Waals surface area contributed by atoms with Crippen LogP contribution in [0.2, 0.25) is 0 Å². The standard InChI is InChI=1S/C16H12N2O4S.Na/c19-16-10-9-15(13-3-1-2-4-14(13)16)18-17-11-5-7-12(8-6-11)23(20,21)22;/h1-10,17H,(H,20,21,22);/q;+1/p-1/b18-15+;. The fraction of sp³-hybridized carbons (Fsp3) is 0. The molecule has 2 aromatic rings. The molecule has 0 fully saturated rings. The van der Waals surface area contributed by atoms with Crippen molar-refractivity contribution < 1.29 is 47.3 Å². The largest absolute Gasteiger partial charge is 1.00 e. The van der Waals surface area contributed by atoms with E-state index in [9.17, 15) is 17.8 Å². The molecule has 116 valence electrons. The molecule has 0 aliphatic heterocycles. The number of anilines is 1. The first-order chi connectivity index (χ1) is 10.9. The molecule has 1 N–H and O–H groups in total. The summed E-state index contributed by atoms with van der Waals surface area (Å²) < 4.78 is 32.6. The molecule has 0 unspecified atom stereocenters. The average molecular weight is 350 g/mol. The predicted molar refractivity (Wildman–Crippen MR) is 84.5 cm³/mol. The number of rotatable bonds is 3. The van der Waals surface area contributed by atoms with E-state index in [0.29, 0.717) is 22.5 Å². The van der Waals surface area contributed by atoms with Gasteiger partial charge in [-0.05, 0) is 36.4 Å². The molecule has 0 aromatic heterocycles. The van der Waals surface area contributed by atoms with E-state index in [1.165, 1.54) is 30.3 Å². The van der Waals surface area contributed by atoms with Gasteiger partial charge in [0.05, 0.1) is 16.3 Å². The van der Waals surface area contributed by atoms with Crippen molar-refractivity contribution in [1.82, 2.24) is 0 Å². The van der Waals surface area contributed by atoms with Crippen molar-refractivity contribution in [3.05, 3.63) is 71.8 Å². The van der Waals surface area contributed by atoms with Crippen LogP contribution in [0.1, 0.15) is 15.9 Å². The van der Waals surface area contributed by atoms with E-state index < -0.39 is 10.1 Å². The smallest absolute Gasteiger partial charge is 0.744 e. The molecule has 1 aliphatic rings. The van der Waals surface area contributed by atoms with Crippen molar-refractivity contribution in [3.63, 3.8) is 0 Å². The van der Waals surface area contributed by atoms with E-state index in [4.69, 9.17) is 0 Å². The van der Waals surface area contributed by atoms with Gasteiger partial charge in [0, 0.05) is 11.1 Å². The van der Waals surface area contributed by atoms with Gasteiger partial charge in [-0.1, -0.05) is 24.3 Å². The Kier molecular flexibility index (Phi) is 5.74. The maximum atomic E-state index is 11.8. The maximum absolute atomic E-state index is 11.8.